The first kappa shape index (κ1) is 20.5. The Hall–Kier alpha value is -1.50. The third-order valence-corrected chi connectivity index (χ3v) is 3.81. The highest BCUT2D eigenvalue weighted by atomic mass is 32.2. The second-order valence-corrected chi connectivity index (χ2v) is 7.30. The van der Waals surface area contributed by atoms with Crippen molar-refractivity contribution >= 4 is 23.1 Å². The van der Waals surface area contributed by atoms with Crippen LogP contribution in [0.2, 0.25) is 0 Å². The van der Waals surface area contributed by atoms with Crippen LogP contribution in [0.4, 0.5) is 17.6 Å². The molecule has 0 unspecified atom stereocenters. The van der Waals surface area contributed by atoms with Crippen LogP contribution in [0, 0.1) is 0 Å². The smallest absolute Gasteiger partial charge is 0.386 e. The molecule has 0 amide bonds. The van der Waals surface area contributed by atoms with Gasteiger partial charge in [0, 0.05) is 23.1 Å². The molecule has 134 valence electrons. The van der Waals surface area contributed by atoms with E-state index < -0.39 is 18.4 Å². The second kappa shape index (κ2) is 8.55. The van der Waals surface area contributed by atoms with Crippen molar-refractivity contribution < 1.29 is 22.4 Å². The molecule has 1 N–H and O–H groups in total. The largest absolute Gasteiger partial charge is 0.416 e. The van der Waals surface area contributed by atoms with Gasteiger partial charge in [0.05, 0.1) is 18.0 Å². The molecule has 0 saturated heterocycles. The lowest BCUT2D eigenvalue weighted by molar-refractivity contribution is -0.137. The highest BCUT2D eigenvalue weighted by Crippen LogP contribution is 2.31. The molecule has 0 spiro atoms. The van der Waals surface area contributed by atoms with Gasteiger partial charge in [-0.3, -0.25) is 9.18 Å². The monoisotopic (exact) mass is 363 g/mol. The molecule has 0 aliphatic rings. The van der Waals surface area contributed by atoms with Crippen LogP contribution in [0.15, 0.2) is 30.5 Å². The van der Waals surface area contributed by atoms with Crippen LogP contribution in [0.3, 0.4) is 0 Å². The first-order valence-electron chi connectivity index (χ1n) is 7.37. The summed E-state index contributed by atoms with van der Waals surface area (Å²) < 4.78 is 50.8. The Bertz CT molecular complexity index is 591. The summed E-state index contributed by atoms with van der Waals surface area (Å²) in [6, 6.07) is 4.64. The zero-order valence-corrected chi connectivity index (χ0v) is 14.7. The minimum atomic E-state index is -4.48. The number of nitrogens with one attached hydrogen (secondary N) is 1. The summed E-state index contributed by atoms with van der Waals surface area (Å²) in [4.78, 5) is 12.4. The number of allylic oxidation sites excluding steroid dienone is 1. The molecule has 0 heterocycles. The molecule has 0 saturated carbocycles. The van der Waals surface area contributed by atoms with Gasteiger partial charge in [-0.1, -0.05) is 12.1 Å². The van der Waals surface area contributed by atoms with Gasteiger partial charge >= 0.3 is 6.18 Å². The van der Waals surface area contributed by atoms with E-state index in [1.54, 1.807) is 0 Å². The quantitative estimate of drug-likeness (QED) is 0.432. The fraction of sp³-hybridized carbons (Fsp3) is 0.471. The van der Waals surface area contributed by atoms with E-state index in [1.807, 2.05) is 20.8 Å². The number of rotatable bonds is 7. The van der Waals surface area contributed by atoms with E-state index in [9.17, 15) is 22.4 Å². The van der Waals surface area contributed by atoms with E-state index in [1.165, 1.54) is 18.3 Å². The van der Waals surface area contributed by atoms with Crippen molar-refractivity contribution in [3.05, 3.63) is 41.6 Å². The molecular weight excluding hydrogens is 342 g/mol. The maximum Gasteiger partial charge on any atom is 0.416 e. The van der Waals surface area contributed by atoms with Gasteiger partial charge < -0.3 is 5.32 Å². The molecule has 0 aliphatic carbocycles. The molecule has 0 fully saturated rings. The minimum Gasteiger partial charge on any atom is -0.386 e. The first-order chi connectivity index (χ1) is 11.0. The Morgan fingerprint density at radius 1 is 1.25 bits per heavy atom. The number of ketones is 1. The van der Waals surface area contributed by atoms with Crippen LogP contribution in [0.1, 0.15) is 31.9 Å². The number of thioether (sulfide) groups is 1. The maximum atomic E-state index is 12.9. The van der Waals surface area contributed by atoms with Crippen LogP contribution >= 0.6 is 11.8 Å². The third kappa shape index (κ3) is 6.95. The Morgan fingerprint density at radius 2 is 1.92 bits per heavy atom. The van der Waals surface area contributed by atoms with Crippen LogP contribution in [0.5, 0.6) is 0 Å². The Kier molecular flexibility index (Phi) is 7.32. The van der Waals surface area contributed by atoms with E-state index in [0.717, 1.165) is 23.9 Å². The molecule has 1 aromatic rings. The highest BCUT2D eigenvalue weighted by Gasteiger charge is 2.31. The zero-order chi connectivity index (χ0) is 18.4. The molecule has 0 atom stereocenters. The van der Waals surface area contributed by atoms with Crippen molar-refractivity contribution in [1.82, 2.24) is 5.32 Å². The molecule has 0 radical (unpaired) electrons. The van der Waals surface area contributed by atoms with Gasteiger partial charge in [-0.25, -0.2) is 0 Å². The number of Topliss-reactive ketones (excluding diaryl/α,β-unsaturated/α-hetero) is 1. The standard InChI is InChI=1S/C17H21F4NOS/c1-16(2,3)22-10-14(15(23)11-24-8-7-18)12-5-4-6-13(9-12)17(19,20)21/h4-6,9-10,22H,7-8,11H2,1-3H3/b14-10-. The summed E-state index contributed by atoms with van der Waals surface area (Å²) in [6.07, 6.45) is -3.04. The van der Waals surface area contributed by atoms with Gasteiger partial charge in [-0.2, -0.15) is 24.9 Å². The lowest BCUT2D eigenvalue weighted by atomic mass is 10.00. The lowest BCUT2D eigenvalue weighted by Crippen LogP contribution is -2.32. The van der Waals surface area contributed by atoms with Gasteiger partial charge in [0.25, 0.3) is 0 Å². The topological polar surface area (TPSA) is 29.1 Å². The van der Waals surface area contributed by atoms with Crippen molar-refractivity contribution in [3.63, 3.8) is 0 Å². The summed E-state index contributed by atoms with van der Waals surface area (Å²) in [5.74, 6) is -0.156. The van der Waals surface area contributed by atoms with Crippen LogP contribution in [-0.4, -0.2) is 29.5 Å². The SMILES string of the molecule is CC(C)(C)N/C=C(\C(=O)CSCCF)c1cccc(C(F)(F)F)c1. The van der Waals surface area contributed by atoms with Crippen molar-refractivity contribution in [2.24, 2.45) is 0 Å². The minimum absolute atomic E-state index is 0.0117. The summed E-state index contributed by atoms with van der Waals surface area (Å²) >= 11 is 1.11. The van der Waals surface area contributed by atoms with E-state index in [-0.39, 0.29) is 34.0 Å². The van der Waals surface area contributed by atoms with Crippen molar-refractivity contribution in [2.75, 3.05) is 18.2 Å². The molecule has 2 nitrogen and oxygen atoms in total. The Balaban J connectivity index is 3.15. The molecule has 0 bridgehead atoms. The first-order valence-corrected chi connectivity index (χ1v) is 8.52. The van der Waals surface area contributed by atoms with Crippen LogP contribution in [-0.2, 0) is 11.0 Å². The fourth-order valence-electron chi connectivity index (χ4n) is 1.77. The van der Waals surface area contributed by atoms with E-state index >= 15 is 0 Å². The van der Waals surface area contributed by atoms with Gasteiger partial charge in [-0.15, -0.1) is 0 Å². The van der Waals surface area contributed by atoms with E-state index in [2.05, 4.69) is 5.32 Å². The molecular formula is C17H21F4NOS. The molecule has 1 rings (SSSR count). The van der Waals surface area contributed by atoms with Crippen molar-refractivity contribution in [3.8, 4) is 0 Å². The number of carbonyl (C=O) groups excluding carboxylic acids is 1. The van der Waals surface area contributed by atoms with E-state index in [4.69, 9.17) is 0 Å². The highest BCUT2D eigenvalue weighted by molar-refractivity contribution is 8.00. The van der Waals surface area contributed by atoms with Crippen molar-refractivity contribution in [2.45, 2.75) is 32.5 Å². The Morgan fingerprint density at radius 3 is 2.46 bits per heavy atom. The number of alkyl halides is 4. The fourth-order valence-corrected chi connectivity index (χ4v) is 2.37. The molecule has 24 heavy (non-hydrogen) atoms. The lowest BCUT2D eigenvalue weighted by Gasteiger charge is -2.20. The number of hydrogen-bond acceptors (Lipinski definition) is 3. The summed E-state index contributed by atoms with van der Waals surface area (Å²) in [5.41, 5.74) is -0.820. The summed E-state index contributed by atoms with van der Waals surface area (Å²) in [7, 11) is 0. The summed E-state index contributed by atoms with van der Waals surface area (Å²) in [6.45, 7) is 5.06. The molecule has 7 heteroatoms. The second-order valence-electron chi connectivity index (χ2n) is 6.20. The number of hydrogen-bond donors (Lipinski definition) is 1. The van der Waals surface area contributed by atoms with E-state index in [0.29, 0.717) is 0 Å². The van der Waals surface area contributed by atoms with Crippen molar-refractivity contribution in [1.29, 1.82) is 0 Å². The Labute approximate surface area is 143 Å². The van der Waals surface area contributed by atoms with Gasteiger partial charge in [0.2, 0.25) is 0 Å². The van der Waals surface area contributed by atoms with Gasteiger partial charge in [-0.05, 0) is 38.5 Å². The molecule has 0 aromatic heterocycles. The van der Waals surface area contributed by atoms with Gasteiger partial charge in [0.1, 0.15) is 0 Å². The number of halogens is 4. The van der Waals surface area contributed by atoms with Crippen LogP contribution in [0.25, 0.3) is 5.57 Å². The predicted molar refractivity (Wildman–Crippen MR) is 90.6 cm³/mol. The predicted octanol–water partition coefficient (Wildman–Crippen LogP) is 4.71. The van der Waals surface area contributed by atoms with Crippen LogP contribution < -0.4 is 5.32 Å². The average Bonchev–Trinajstić information content (AvgIpc) is 2.46. The summed E-state index contributed by atoms with van der Waals surface area (Å²) in [5, 5.41) is 3.00. The third-order valence-electron chi connectivity index (χ3n) is 2.91. The normalized spacial score (nSPS) is 13.0. The maximum absolute atomic E-state index is 12.9. The number of benzene rings is 1. The zero-order valence-electron chi connectivity index (χ0n) is 13.8. The molecule has 1 aromatic carbocycles. The number of carbonyl (C=O) groups is 1. The molecule has 0 aliphatic heterocycles. The van der Waals surface area contributed by atoms with Gasteiger partial charge in [0.15, 0.2) is 5.78 Å². The average molecular weight is 363 g/mol.